The Bertz CT molecular complexity index is 729. The first kappa shape index (κ1) is 18.7. The van der Waals surface area contributed by atoms with Crippen LogP contribution in [0.15, 0.2) is 10.9 Å². The molecule has 2 heterocycles. The van der Waals surface area contributed by atoms with Crippen molar-refractivity contribution in [1.29, 1.82) is 0 Å². The first-order valence-corrected chi connectivity index (χ1v) is 10.6. The zero-order chi connectivity index (χ0) is 18.8. The molecule has 1 aliphatic heterocycles. The Balaban J connectivity index is 1.33. The van der Waals surface area contributed by atoms with Crippen molar-refractivity contribution in [3.05, 3.63) is 27.7 Å². The molecule has 0 spiro atoms. The van der Waals surface area contributed by atoms with E-state index in [-0.39, 0.29) is 29.5 Å². The molecular weight excluding hydrogens is 342 g/mol. The number of rotatable bonds is 3. The van der Waals surface area contributed by atoms with E-state index in [0.29, 0.717) is 13.2 Å². The summed E-state index contributed by atoms with van der Waals surface area (Å²) in [5.41, 5.74) is 1.91. The van der Waals surface area contributed by atoms with Crippen molar-refractivity contribution in [1.82, 2.24) is 15.1 Å². The normalized spacial score (nSPS) is 31.1. The molecule has 0 atom stereocenters. The van der Waals surface area contributed by atoms with E-state index < -0.39 is 0 Å². The van der Waals surface area contributed by atoms with Crippen LogP contribution in [0, 0.1) is 11.8 Å². The summed E-state index contributed by atoms with van der Waals surface area (Å²) in [7, 11) is 0. The number of nitrogens with one attached hydrogen (secondary N) is 1. The van der Waals surface area contributed by atoms with Gasteiger partial charge in [-0.15, -0.1) is 0 Å². The summed E-state index contributed by atoms with van der Waals surface area (Å²) in [4.78, 5) is 25.0. The highest BCUT2D eigenvalue weighted by atomic mass is 16.5. The third-order valence-corrected chi connectivity index (χ3v) is 6.64. The summed E-state index contributed by atoms with van der Waals surface area (Å²) in [6.07, 6.45) is 8.82. The minimum Gasteiger partial charge on any atom is -0.376 e. The number of hydrogen-bond donors (Lipinski definition) is 1. The molecule has 0 radical (unpaired) electrons. The standard InChI is InChI=1S/C21H31N3O3/c1-14-2-4-15(5-3-14)21(26)22-17-6-8-18(9-7-17)24-20(25)12-16-13-27-11-10-19(16)23-24/h12,14-15,17-18H,2-11,13H2,1H3,(H,22,26). The van der Waals surface area contributed by atoms with Gasteiger partial charge >= 0.3 is 0 Å². The Morgan fingerprint density at radius 1 is 1.15 bits per heavy atom. The fourth-order valence-corrected chi connectivity index (χ4v) is 4.80. The molecule has 3 aliphatic rings. The van der Waals surface area contributed by atoms with Crippen LogP contribution in [0.25, 0.3) is 0 Å². The lowest BCUT2D eigenvalue weighted by Crippen LogP contribution is -2.43. The van der Waals surface area contributed by atoms with Crippen LogP contribution in [0.1, 0.15) is 75.6 Å². The van der Waals surface area contributed by atoms with Gasteiger partial charge in [0.1, 0.15) is 0 Å². The monoisotopic (exact) mass is 373 g/mol. The number of amides is 1. The first-order chi connectivity index (χ1) is 13.1. The van der Waals surface area contributed by atoms with Crippen molar-refractivity contribution in [2.24, 2.45) is 11.8 Å². The van der Waals surface area contributed by atoms with Crippen molar-refractivity contribution in [3.63, 3.8) is 0 Å². The smallest absolute Gasteiger partial charge is 0.267 e. The zero-order valence-corrected chi connectivity index (χ0v) is 16.3. The predicted octanol–water partition coefficient (Wildman–Crippen LogP) is 2.74. The van der Waals surface area contributed by atoms with Crippen molar-refractivity contribution >= 4 is 5.91 Å². The Hall–Kier alpha value is -1.69. The fourth-order valence-electron chi connectivity index (χ4n) is 4.80. The molecule has 27 heavy (non-hydrogen) atoms. The number of carbonyl (C=O) groups is 1. The molecule has 148 valence electrons. The summed E-state index contributed by atoms with van der Waals surface area (Å²) < 4.78 is 7.10. The number of ether oxygens (including phenoxy) is 1. The minimum absolute atomic E-state index is 0.0249. The molecule has 2 saturated carbocycles. The lowest BCUT2D eigenvalue weighted by Gasteiger charge is -2.32. The summed E-state index contributed by atoms with van der Waals surface area (Å²) in [6, 6.07) is 2.09. The van der Waals surface area contributed by atoms with Crippen LogP contribution in [0.3, 0.4) is 0 Å². The van der Waals surface area contributed by atoms with E-state index in [1.165, 1.54) is 12.8 Å². The van der Waals surface area contributed by atoms with Gasteiger partial charge in [0, 0.05) is 30.0 Å². The molecule has 0 unspecified atom stereocenters. The molecule has 1 N–H and O–H groups in total. The van der Waals surface area contributed by atoms with Crippen molar-refractivity contribution < 1.29 is 9.53 Å². The Kier molecular flexibility index (Phi) is 5.62. The first-order valence-electron chi connectivity index (χ1n) is 10.6. The maximum Gasteiger partial charge on any atom is 0.267 e. The minimum atomic E-state index is -0.0249. The molecule has 2 aliphatic carbocycles. The second-order valence-corrected chi connectivity index (χ2v) is 8.67. The lowest BCUT2D eigenvalue weighted by atomic mass is 9.82. The molecule has 0 aromatic carbocycles. The third kappa shape index (κ3) is 4.26. The number of fused-ring (bicyclic) bond motifs is 1. The van der Waals surface area contributed by atoms with E-state index in [0.717, 1.165) is 62.1 Å². The van der Waals surface area contributed by atoms with E-state index in [1.54, 1.807) is 10.7 Å². The number of aromatic nitrogens is 2. The summed E-state index contributed by atoms with van der Waals surface area (Å²) >= 11 is 0. The second-order valence-electron chi connectivity index (χ2n) is 8.67. The van der Waals surface area contributed by atoms with Crippen LogP contribution in [0.4, 0.5) is 0 Å². The number of hydrogen-bond acceptors (Lipinski definition) is 4. The van der Waals surface area contributed by atoms with Crippen LogP contribution in [-0.4, -0.2) is 28.3 Å². The fraction of sp³-hybridized carbons (Fsp3) is 0.762. The molecule has 6 heteroatoms. The maximum absolute atomic E-state index is 12.5. The molecule has 6 nitrogen and oxygen atoms in total. The van der Waals surface area contributed by atoms with Crippen molar-refractivity contribution in [2.75, 3.05) is 6.61 Å². The molecule has 1 aromatic rings. The van der Waals surface area contributed by atoms with Gasteiger partial charge in [-0.05, 0) is 57.3 Å². The van der Waals surface area contributed by atoms with E-state index in [2.05, 4.69) is 17.3 Å². The highest BCUT2D eigenvalue weighted by Crippen LogP contribution is 2.30. The molecule has 0 saturated heterocycles. The van der Waals surface area contributed by atoms with Gasteiger partial charge in [0.25, 0.3) is 5.56 Å². The van der Waals surface area contributed by atoms with Gasteiger partial charge in [0.05, 0.1) is 24.9 Å². The molecule has 1 amide bonds. The predicted molar refractivity (Wildman–Crippen MR) is 102 cm³/mol. The largest absolute Gasteiger partial charge is 0.376 e. The van der Waals surface area contributed by atoms with Gasteiger partial charge in [0.2, 0.25) is 5.91 Å². The van der Waals surface area contributed by atoms with Crippen LogP contribution >= 0.6 is 0 Å². The molecular formula is C21H31N3O3. The van der Waals surface area contributed by atoms with Crippen LogP contribution in [0.5, 0.6) is 0 Å². The molecule has 4 rings (SSSR count). The highest BCUT2D eigenvalue weighted by Gasteiger charge is 2.29. The van der Waals surface area contributed by atoms with E-state index in [1.807, 2.05) is 0 Å². The van der Waals surface area contributed by atoms with Crippen molar-refractivity contribution in [2.45, 2.75) is 83.4 Å². The van der Waals surface area contributed by atoms with Gasteiger partial charge in [-0.1, -0.05) is 6.92 Å². The molecule has 2 fully saturated rings. The van der Waals surface area contributed by atoms with Crippen LogP contribution in [-0.2, 0) is 22.6 Å². The topological polar surface area (TPSA) is 73.2 Å². The van der Waals surface area contributed by atoms with Gasteiger partial charge in [-0.25, -0.2) is 4.68 Å². The Labute approximate surface area is 160 Å². The number of carbonyl (C=O) groups excluding carboxylic acids is 1. The van der Waals surface area contributed by atoms with Gasteiger partial charge < -0.3 is 10.1 Å². The van der Waals surface area contributed by atoms with E-state index in [9.17, 15) is 9.59 Å². The SMILES string of the molecule is CC1CCC(C(=O)NC2CCC(n3nc4c(cc3=O)COCC4)CC2)CC1. The van der Waals surface area contributed by atoms with Gasteiger partial charge in [-0.3, -0.25) is 9.59 Å². The van der Waals surface area contributed by atoms with E-state index in [4.69, 9.17) is 4.74 Å². The highest BCUT2D eigenvalue weighted by molar-refractivity contribution is 5.79. The maximum atomic E-state index is 12.5. The number of nitrogens with zero attached hydrogens (tertiary/aromatic N) is 2. The van der Waals surface area contributed by atoms with Gasteiger partial charge in [-0.2, -0.15) is 5.10 Å². The van der Waals surface area contributed by atoms with Crippen LogP contribution in [0.2, 0.25) is 0 Å². The average Bonchev–Trinajstić information content (AvgIpc) is 2.68. The van der Waals surface area contributed by atoms with Crippen LogP contribution < -0.4 is 10.9 Å². The molecule has 0 bridgehead atoms. The van der Waals surface area contributed by atoms with E-state index >= 15 is 0 Å². The van der Waals surface area contributed by atoms with Crippen molar-refractivity contribution in [3.8, 4) is 0 Å². The Morgan fingerprint density at radius 3 is 2.63 bits per heavy atom. The molecule has 1 aromatic heterocycles. The summed E-state index contributed by atoms with van der Waals surface area (Å²) in [5.74, 6) is 1.21. The zero-order valence-electron chi connectivity index (χ0n) is 16.3. The summed E-state index contributed by atoms with van der Waals surface area (Å²) in [5, 5.41) is 7.92. The van der Waals surface area contributed by atoms with Gasteiger partial charge in [0.15, 0.2) is 0 Å². The third-order valence-electron chi connectivity index (χ3n) is 6.64. The second kappa shape index (κ2) is 8.13. The Morgan fingerprint density at radius 2 is 1.89 bits per heavy atom. The quantitative estimate of drug-likeness (QED) is 0.884. The lowest BCUT2D eigenvalue weighted by molar-refractivity contribution is -0.127. The summed E-state index contributed by atoms with van der Waals surface area (Å²) in [6.45, 7) is 3.45. The average molecular weight is 373 g/mol.